The number of fused-ring (bicyclic) bond motifs is 1. The van der Waals surface area contributed by atoms with Crippen LogP contribution < -0.4 is 0 Å². The molecule has 0 amide bonds. The van der Waals surface area contributed by atoms with Crippen LogP contribution in [0.15, 0.2) is 30.7 Å². The molecule has 0 aliphatic heterocycles. The quantitative estimate of drug-likeness (QED) is 0.617. The molecule has 60 valence electrons. The maximum Gasteiger partial charge on any atom is 0.154 e. The van der Waals surface area contributed by atoms with Gasteiger partial charge in [0, 0.05) is 18.6 Å². The molecular weight excluding hydrogens is 174 g/mol. The van der Waals surface area contributed by atoms with Crippen molar-refractivity contribution in [1.82, 2.24) is 9.38 Å². The monoisotopic (exact) mass is 179 g/mol. The van der Waals surface area contributed by atoms with Gasteiger partial charge in [-0.2, -0.15) is 5.26 Å². The van der Waals surface area contributed by atoms with Crippen molar-refractivity contribution in [1.29, 1.82) is 5.26 Å². The Hall–Kier alpha value is -1.53. The van der Waals surface area contributed by atoms with Crippen LogP contribution in [0.5, 0.6) is 0 Å². The fourth-order valence-electron chi connectivity index (χ4n) is 1.04. The van der Waals surface area contributed by atoms with E-state index in [1.807, 2.05) is 22.9 Å². The summed E-state index contributed by atoms with van der Waals surface area (Å²) in [6.07, 6.45) is 5.36. The molecule has 12 heavy (non-hydrogen) atoms. The van der Waals surface area contributed by atoms with Gasteiger partial charge < -0.3 is 4.40 Å². The number of aromatic nitrogens is 2. The lowest BCUT2D eigenvalue weighted by molar-refractivity contribution is 1.18. The smallest absolute Gasteiger partial charge is 0.154 e. The van der Waals surface area contributed by atoms with Crippen LogP contribution in [0, 0.1) is 11.3 Å². The highest BCUT2D eigenvalue weighted by Crippen LogP contribution is 2.05. The van der Waals surface area contributed by atoms with Crippen LogP contribution in [0.2, 0.25) is 0 Å². The Morgan fingerprint density at radius 1 is 1.42 bits per heavy atom. The first-order valence-electron chi connectivity index (χ1n) is 3.23. The van der Waals surface area contributed by atoms with Crippen molar-refractivity contribution in [3.8, 4) is 6.07 Å². The number of hydrogen-bond acceptors (Lipinski definition) is 2. The van der Waals surface area contributed by atoms with Gasteiger partial charge in [-0.1, -0.05) is 0 Å². The summed E-state index contributed by atoms with van der Waals surface area (Å²) in [5.41, 5.74) is 1.33. The Bertz CT molecular complexity index is 427. The van der Waals surface area contributed by atoms with Crippen molar-refractivity contribution in [3.63, 3.8) is 0 Å². The minimum Gasteiger partial charge on any atom is -0.306 e. The number of pyridine rings is 1. The second-order valence-electron chi connectivity index (χ2n) is 2.19. The molecule has 0 radical (unpaired) electrons. The van der Waals surface area contributed by atoms with Crippen LogP contribution in [0.25, 0.3) is 5.65 Å². The number of nitriles is 1. The Morgan fingerprint density at radius 2 is 2.25 bits per heavy atom. The maximum atomic E-state index is 8.65. The zero-order valence-corrected chi connectivity index (χ0v) is 6.95. The van der Waals surface area contributed by atoms with Crippen LogP contribution in [0.3, 0.4) is 0 Å². The lowest BCUT2D eigenvalue weighted by Crippen LogP contribution is -1.85. The third-order valence-corrected chi connectivity index (χ3v) is 1.54. The lowest BCUT2D eigenvalue weighted by Gasteiger charge is -1.91. The molecule has 2 aromatic rings. The molecule has 2 heterocycles. The number of rotatable bonds is 0. The van der Waals surface area contributed by atoms with Gasteiger partial charge in [0.15, 0.2) is 5.65 Å². The number of imidazole rings is 1. The highest BCUT2D eigenvalue weighted by Gasteiger charge is 1.98. The first-order chi connectivity index (χ1) is 5.42. The van der Waals surface area contributed by atoms with E-state index in [-0.39, 0.29) is 12.4 Å². The molecule has 3 nitrogen and oxygen atoms in total. The lowest BCUT2D eigenvalue weighted by atomic mass is 10.3. The van der Waals surface area contributed by atoms with E-state index in [0.717, 1.165) is 5.65 Å². The largest absolute Gasteiger partial charge is 0.306 e. The van der Waals surface area contributed by atoms with Crippen LogP contribution in [-0.4, -0.2) is 9.38 Å². The highest BCUT2D eigenvalue weighted by atomic mass is 35.5. The molecule has 0 aliphatic carbocycles. The molecule has 0 N–H and O–H groups in total. The van der Waals surface area contributed by atoms with Gasteiger partial charge >= 0.3 is 0 Å². The zero-order chi connectivity index (χ0) is 7.68. The summed E-state index contributed by atoms with van der Waals surface area (Å²) in [4.78, 5) is 4.03. The summed E-state index contributed by atoms with van der Waals surface area (Å²) >= 11 is 0. The van der Waals surface area contributed by atoms with Crippen molar-refractivity contribution in [3.05, 3.63) is 36.3 Å². The Labute approximate surface area is 75.7 Å². The Morgan fingerprint density at radius 3 is 3.00 bits per heavy atom. The average Bonchev–Trinajstić information content (AvgIpc) is 2.50. The zero-order valence-electron chi connectivity index (χ0n) is 6.14. The van der Waals surface area contributed by atoms with Crippen molar-refractivity contribution in [2.45, 2.75) is 0 Å². The van der Waals surface area contributed by atoms with E-state index in [9.17, 15) is 0 Å². The predicted molar refractivity (Wildman–Crippen MR) is 47.2 cm³/mol. The fraction of sp³-hybridized carbons (Fsp3) is 0. The van der Waals surface area contributed by atoms with Gasteiger partial charge in [0.2, 0.25) is 0 Å². The van der Waals surface area contributed by atoms with Gasteiger partial charge in [-0.05, 0) is 12.1 Å². The summed E-state index contributed by atoms with van der Waals surface area (Å²) in [6, 6.07) is 5.65. The van der Waals surface area contributed by atoms with Crippen molar-refractivity contribution in [2.75, 3.05) is 0 Å². The fourth-order valence-corrected chi connectivity index (χ4v) is 1.04. The molecule has 0 bridgehead atoms. The van der Waals surface area contributed by atoms with E-state index in [2.05, 4.69) is 11.1 Å². The van der Waals surface area contributed by atoms with Crippen LogP contribution in [0.1, 0.15) is 5.56 Å². The molecule has 0 atom stereocenters. The van der Waals surface area contributed by atoms with Crippen molar-refractivity contribution < 1.29 is 0 Å². The average molecular weight is 180 g/mol. The first-order valence-corrected chi connectivity index (χ1v) is 3.23. The van der Waals surface area contributed by atoms with Crippen LogP contribution in [0.4, 0.5) is 0 Å². The molecule has 0 aliphatic rings. The maximum absolute atomic E-state index is 8.65. The van der Waals surface area contributed by atoms with Gasteiger partial charge in [-0.3, -0.25) is 0 Å². The summed E-state index contributed by atoms with van der Waals surface area (Å²) in [6.45, 7) is 0. The molecular formula is C8H6ClN3. The summed E-state index contributed by atoms with van der Waals surface area (Å²) in [7, 11) is 0. The summed E-state index contributed by atoms with van der Waals surface area (Å²) in [5.74, 6) is 0. The molecule has 0 fully saturated rings. The summed E-state index contributed by atoms with van der Waals surface area (Å²) < 4.78 is 1.82. The third kappa shape index (κ3) is 1.13. The van der Waals surface area contributed by atoms with Crippen molar-refractivity contribution in [2.24, 2.45) is 0 Å². The molecule has 2 rings (SSSR count). The summed E-state index contributed by atoms with van der Waals surface area (Å²) in [5, 5.41) is 8.65. The van der Waals surface area contributed by atoms with Gasteiger partial charge in [-0.15, -0.1) is 12.4 Å². The van der Waals surface area contributed by atoms with Gasteiger partial charge in [-0.25, -0.2) is 4.98 Å². The van der Waals surface area contributed by atoms with Crippen LogP contribution in [-0.2, 0) is 0 Å². The topological polar surface area (TPSA) is 41.1 Å². The number of nitrogens with zero attached hydrogens (tertiary/aromatic N) is 3. The molecule has 0 aromatic carbocycles. The first kappa shape index (κ1) is 8.57. The van der Waals surface area contributed by atoms with E-state index in [4.69, 9.17) is 5.26 Å². The van der Waals surface area contributed by atoms with E-state index < -0.39 is 0 Å². The molecule has 0 spiro atoms. The van der Waals surface area contributed by atoms with Crippen LogP contribution >= 0.6 is 12.4 Å². The Balaban J connectivity index is 0.000000720. The second kappa shape index (κ2) is 3.24. The molecule has 4 heteroatoms. The molecule has 0 saturated heterocycles. The predicted octanol–water partition coefficient (Wildman–Crippen LogP) is 1.63. The van der Waals surface area contributed by atoms with Crippen molar-refractivity contribution >= 4 is 18.1 Å². The van der Waals surface area contributed by atoms with Gasteiger partial charge in [0.25, 0.3) is 0 Å². The third-order valence-electron chi connectivity index (χ3n) is 1.54. The minimum atomic E-state index is 0. The van der Waals surface area contributed by atoms with Gasteiger partial charge in [0.1, 0.15) is 6.07 Å². The van der Waals surface area contributed by atoms with E-state index >= 15 is 0 Å². The number of hydrogen-bond donors (Lipinski definition) is 0. The number of halogens is 1. The normalized spacial score (nSPS) is 8.92. The Kier molecular flexibility index (Phi) is 2.32. The standard InChI is InChI=1S/C8H5N3.ClH/c9-6-7-2-1-4-11-5-3-10-8(7)11;/h1-5H;1H. The molecule has 2 aromatic heterocycles. The second-order valence-corrected chi connectivity index (χ2v) is 2.19. The van der Waals surface area contributed by atoms with E-state index in [0.29, 0.717) is 5.56 Å². The molecule has 0 saturated carbocycles. The van der Waals surface area contributed by atoms with E-state index in [1.165, 1.54) is 0 Å². The minimum absolute atomic E-state index is 0. The van der Waals surface area contributed by atoms with E-state index in [1.54, 1.807) is 12.3 Å². The SMILES string of the molecule is Cl.N#Cc1cccn2ccnc12. The molecule has 0 unspecified atom stereocenters. The highest BCUT2D eigenvalue weighted by molar-refractivity contribution is 5.85. The van der Waals surface area contributed by atoms with Gasteiger partial charge in [0.05, 0.1) is 5.56 Å².